The molecule has 0 saturated heterocycles. The molecule has 1 amide bonds. The molecule has 94 valence electrons. The fourth-order valence-corrected chi connectivity index (χ4v) is 1.74. The third-order valence-electron chi connectivity index (χ3n) is 2.59. The van der Waals surface area contributed by atoms with Crippen LogP contribution >= 0.6 is 0 Å². The fraction of sp³-hybridized carbons (Fsp3) is 0. The zero-order valence-electron chi connectivity index (χ0n) is 9.58. The Hall–Kier alpha value is -2.96. The van der Waals surface area contributed by atoms with Crippen molar-refractivity contribution in [3.63, 3.8) is 0 Å². The van der Waals surface area contributed by atoms with Crippen LogP contribution in [0, 0.1) is 0 Å². The van der Waals surface area contributed by atoms with Gasteiger partial charge in [-0.15, -0.1) is 0 Å². The molecule has 19 heavy (non-hydrogen) atoms. The summed E-state index contributed by atoms with van der Waals surface area (Å²) in [6, 6.07) is 8.25. The molecule has 3 aromatic rings. The summed E-state index contributed by atoms with van der Waals surface area (Å²) < 4.78 is 4.61. The van der Waals surface area contributed by atoms with Gasteiger partial charge in [-0.25, -0.2) is 5.10 Å². The summed E-state index contributed by atoms with van der Waals surface area (Å²) in [6.45, 7) is 0. The number of H-pyrrole nitrogens is 1. The zero-order chi connectivity index (χ0) is 13.2. The van der Waals surface area contributed by atoms with Crippen LogP contribution in [-0.4, -0.2) is 21.3 Å². The molecule has 7 heteroatoms. The molecule has 3 rings (SSSR count). The number of hydrogen-bond acceptors (Lipinski definition) is 5. The van der Waals surface area contributed by atoms with E-state index < -0.39 is 5.91 Å². The Kier molecular flexibility index (Phi) is 2.57. The molecule has 0 aliphatic heterocycles. The van der Waals surface area contributed by atoms with Gasteiger partial charge in [0.15, 0.2) is 11.5 Å². The number of benzene rings is 1. The normalized spacial score (nSPS) is 10.5. The topological polar surface area (TPSA) is 101 Å². The van der Waals surface area contributed by atoms with Gasteiger partial charge in [0.05, 0.1) is 5.39 Å². The van der Waals surface area contributed by atoms with E-state index >= 15 is 0 Å². The number of aromatic nitrogens is 3. The Morgan fingerprint density at radius 1 is 1.21 bits per heavy atom. The van der Waals surface area contributed by atoms with E-state index in [9.17, 15) is 9.59 Å². The third-order valence-corrected chi connectivity index (χ3v) is 2.59. The molecule has 0 atom stereocenters. The van der Waals surface area contributed by atoms with Gasteiger partial charge < -0.3 is 9.84 Å². The van der Waals surface area contributed by atoms with Crippen molar-refractivity contribution in [2.45, 2.75) is 0 Å². The van der Waals surface area contributed by atoms with Crippen molar-refractivity contribution in [3.05, 3.63) is 52.6 Å². The molecule has 2 aromatic heterocycles. The lowest BCUT2D eigenvalue weighted by Crippen LogP contribution is -2.19. The monoisotopic (exact) mass is 256 g/mol. The molecule has 0 radical (unpaired) electrons. The van der Waals surface area contributed by atoms with Crippen LogP contribution in [-0.2, 0) is 0 Å². The number of anilines is 1. The van der Waals surface area contributed by atoms with Crippen LogP contribution in [0.25, 0.3) is 10.8 Å². The van der Waals surface area contributed by atoms with E-state index in [-0.39, 0.29) is 17.1 Å². The van der Waals surface area contributed by atoms with Gasteiger partial charge in [-0.05, 0) is 6.07 Å². The second-order valence-corrected chi connectivity index (χ2v) is 3.79. The van der Waals surface area contributed by atoms with E-state index in [0.29, 0.717) is 10.8 Å². The number of amides is 1. The molecule has 0 unspecified atom stereocenters. The summed E-state index contributed by atoms with van der Waals surface area (Å²) in [6.07, 6.45) is 1.34. The quantitative estimate of drug-likeness (QED) is 0.716. The van der Waals surface area contributed by atoms with Gasteiger partial charge in [-0.3, -0.25) is 9.59 Å². The fourth-order valence-electron chi connectivity index (χ4n) is 1.74. The highest BCUT2D eigenvalue weighted by Crippen LogP contribution is 2.13. The Balaban J connectivity index is 2.08. The first kappa shape index (κ1) is 11.1. The first-order valence-corrected chi connectivity index (χ1v) is 5.45. The number of aromatic amines is 1. The number of nitrogens with zero attached hydrogens (tertiary/aromatic N) is 2. The average molecular weight is 256 g/mol. The van der Waals surface area contributed by atoms with Crippen LogP contribution in [0.5, 0.6) is 0 Å². The predicted octanol–water partition coefficient (Wildman–Crippen LogP) is 1.16. The molecule has 2 heterocycles. The molecule has 1 aromatic carbocycles. The minimum atomic E-state index is -0.471. The average Bonchev–Trinajstić information content (AvgIpc) is 2.92. The largest absolute Gasteiger partial charge is 0.363 e. The van der Waals surface area contributed by atoms with Crippen LogP contribution in [0.3, 0.4) is 0 Å². The maximum absolute atomic E-state index is 12.1. The maximum Gasteiger partial charge on any atom is 0.277 e. The maximum atomic E-state index is 12.1. The Labute approximate surface area is 106 Å². The van der Waals surface area contributed by atoms with Crippen molar-refractivity contribution < 1.29 is 9.32 Å². The highest BCUT2D eigenvalue weighted by molar-refractivity contribution is 6.10. The lowest BCUT2D eigenvalue weighted by molar-refractivity contribution is 0.102. The number of hydrogen-bond donors (Lipinski definition) is 2. The van der Waals surface area contributed by atoms with Crippen LogP contribution < -0.4 is 10.9 Å². The van der Waals surface area contributed by atoms with E-state index in [0.717, 1.165) is 0 Å². The summed E-state index contributed by atoms with van der Waals surface area (Å²) in [7, 11) is 0. The summed E-state index contributed by atoms with van der Waals surface area (Å²) in [5.41, 5.74) is -0.216. The predicted molar refractivity (Wildman–Crippen MR) is 66.8 cm³/mol. The molecule has 0 spiro atoms. The Bertz CT molecular complexity index is 792. The molecular weight excluding hydrogens is 248 g/mol. The second kappa shape index (κ2) is 4.37. The van der Waals surface area contributed by atoms with Crippen molar-refractivity contribution in [2.75, 3.05) is 5.32 Å². The van der Waals surface area contributed by atoms with Crippen molar-refractivity contribution in [3.8, 4) is 0 Å². The number of nitrogens with one attached hydrogen (secondary N) is 2. The van der Waals surface area contributed by atoms with E-state index in [2.05, 4.69) is 25.2 Å². The first-order valence-electron chi connectivity index (χ1n) is 5.45. The van der Waals surface area contributed by atoms with Gasteiger partial charge in [-0.1, -0.05) is 23.4 Å². The number of fused-ring (bicyclic) bond motifs is 1. The molecule has 2 N–H and O–H groups in total. The number of rotatable bonds is 2. The molecule has 0 saturated carbocycles. The van der Waals surface area contributed by atoms with E-state index in [1.54, 1.807) is 24.3 Å². The van der Waals surface area contributed by atoms with E-state index in [4.69, 9.17) is 0 Å². The van der Waals surface area contributed by atoms with Gasteiger partial charge in [0, 0.05) is 11.5 Å². The lowest BCUT2D eigenvalue weighted by Gasteiger charge is -2.03. The first-order chi connectivity index (χ1) is 9.25. The van der Waals surface area contributed by atoms with Crippen molar-refractivity contribution in [1.82, 2.24) is 15.4 Å². The summed E-state index contributed by atoms with van der Waals surface area (Å²) in [5, 5.41) is 13.1. The molecule has 0 aliphatic rings. The van der Waals surface area contributed by atoms with Crippen LogP contribution in [0.2, 0.25) is 0 Å². The molecule has 0 bridgehead atoms. The second-order valence-electron chi connectivity index (χ2n) is 3.79. The minimum absolute atomic E-state index is 0.123. The van der Waals surface area contributed by atoms with Gasteiger partial charge in [0.25, 0.3) is 11.5 Å². The molecule has 0 fully saturated rings. The summed E-state index contributed by atoms with van der Waals surface area (Å²) in [5.74, 6) is -0.191. The molecular formula is C12H8N4O3. The third kappa shape index (κ3) is 1.97. The van der Waals surface area contributed by atoms with Crippen LogP contribution in [0.1, 0.15) is 10.5 Å². The van der Waals surface area contributed by atoms with E-state index in [1.165, 1.54) is 12.3 Å². The summed E-state index contributed by atoms with van der Waals surface area (Å²) >= 11 is 0. The van der Waals surface area contributed by atoms with Crippen molar-refractivity contribution >= 4 is 22.5 Å². The van der Waals surface area contributed by atoms with E-state index in [1.807, 2.05) is 0 Å². The Morgan fingerprint density at radius 2 is 2.00 bits per heavy atom. The zero-order valence-corrected chi connectivity index (χ0v) is 9.58. The Morgan fingerprint density at radius 3 is 2.74 bits per heavy atom. The van der Waals surface area contributed by atoms with Gasteiger partial charge >= 0.3 is 0 Å². The minimum Gasteiger partial charge on any atom is -0.363 e. The smallest absolute Gasteiger partial charge is 0.277 e. The summed E-state index contributed by atoms with van der Waals surface area (Å²) in [4.78, 5) is 23.7. The lowest BCUT2D eigenvalue weighted by atomic mass is 10.1. The van der Waals surface area contributed by atoms with Gasteiger partial charge in [0.1, 0.15) is 6.26 Å². The van der Waals surface area contributed by atoms with Crippen LogP contribution in [0.4, 0.5) is 5.82 Å². The standard InChI is InChI=1S/C12H8N4O3/c17-11-8-4-2-1-3-7(8)10(14-15-11)12(18)13-9-5-6-19-16-9/h1-6H,(H,15,17)(H,13,16,18). The number of carbonyl (C=O) groups excluding carboxylic acids is 1. The van der Waals surface area contributed by atoms with Crippen molar-refractivity contribution in [2.24, 2.45) is 0 Å². The number of carbonyl (C=O) groups is 1. The highest BCUT2D eigenvalue weighted by Gasteiger charge is 2.14. The van der Waals surface area contributed by atoms with Crippen LogP contribution in [0.15, 0.2) is 45.9 Å². The molecule has 0 aliphatic carbocycles. The van der Waals surface area contributed by atoms with Gasteiger partial charge in [0.2, 0.25) is 0 Å². The molecule has 7 nitrogen and oxygen atoms in total. The van der Waals surface area contributed by atoms with Gasteiger partial charge in [-0.2, -0.15) is 5.10 Å². The highest BCUT2D eigenvalue weighted by atomic mass is 16.5. The SMILES string of the molecule is O=C(Nc1ccon1)c1n[nH]c(=O)c2ccccc12. The van der Waals surface area contributed by atoms with Crippen molar-refractivity contribution in [1.29, 1.82) is 0 Å².